The van der Waals surface area contributed by atoms with Gasteiger partial charge in [-0.15, -0.1) is 0 Å². The van der Waals surface area contributed by atoms with Gasteiger partial charge in [-0.1, -0.05) is 36.4 Å². The normalized spacial score (nSPS) is 14.5. The Morgan fingerprint density at radius 3 is 2.66 bits per heavy atom. The Kier molecular flexibility index (Phi) is 7.32. The number of para-hydroxylation sites is 1. The SMILES string of the molecule is O=C(C=Cc1ccc(-n2cc(CCN3CCOCC3)c3ccccc32)cc1)NCc1cccnc1. The van der Waals surface area contributed by atoms with E-state index in [4.69, 9.17) is 4.74 Å². The largest absolute Gasteiger partial charge is 0.379 e. The first-order valence-electron chi connectivity index (χ1n) is 12.1. The summed E-state index contributed by atoms with van der Waals surface area (Å²) in [5, 5.41) is 4.19. The van der Waals surface area contributed by atoms with E-state index in [-0.39, 0.29) is 5.91 Å². The highest BCUT2D eigenvalue weighted by Gasteiger charge is 2.13. The molecule has 0 atom stereocenters. The number of hydrogen-bond acceptors (Lipinski definition) is 4. The van der Waals surface area contributed by atoms with Gasteiger partial charge in [0.1, 0.15) is 0 Å². The van der Waals surface area contributed by atoms with Crippen molar-refractivity contribution in [2.75, 3.05) is 32.8 Å². The molecule has 2 aromatic carbocycles. The van der Waals surface area contributed by atoms with E-state index in [1.54, 1.807) is 18.5 Å². The van der Waals surface area contributed by atoms with Gasteiger partial charge in [0.2, 0.25) is 5.91 Å². The third-order valence-electron chi connectivity index (χ3n) is 6.38. The predicted molar refractivity (Wildman–Crippen MR) is 139 cm³/mol. The molecule has 1 aliphatic heterocycles. The monoisotopic (exact) mass is 466 g/mol. The van der Waals surface area contributed by atoms with Crippen molar-refractivity contribution >= 4 is 22.9 Å². The summed E-state index contributed by atoms with van der Waals surface area (Å²) in [5.74, 6) is -0.126. The molecule has 35 heavy (non-hydrogen) atoms. The van der Waals surface area contributed by atoms with Gasteiger partial charge in [-0.2, -0.15) is 0 Å². The molecule has 3 heterocycles. The Hall–Kier alpha value is -3.74. The van der Waals surface area contributed by atoms with Gasteiger partial charge in [0.15, 0.2) is 0 Å². The van der Waals surface area contributed by atoms with Crippen LogP contribution in [-0.2, 0) is 22.5 Å². The van der Waals surface area contributed by atoms with Gasteiger partial charge in [-0.3, -0.25) is 14.7 Å². The molecule has 0 radical (unpaired) electrons. The number of morpholine rings is 1. The van der Waals surface area contributed by atoms with Crippen LogP contribution in [-0.4, -0.2) is 53.2 Å². The smallest absolute Gasteiger partial charge is 0.244 e. The molecule has 2 aromatic heterocycles. The molecular weight excluding hydrogens is 436 g/mol. The second-order valence-corrected chi connectivity index (χ2v) is 8.75. The fourth-order valence-corrected chi connectivity index (χ4v) is 4.44. The first-order valence-corrected chi connectivity index (χ1v) is 12.1. The van der Waals surface area contributed by atoms with Gasteiger partial charge < -0.3 is 14.6 Å². The van der Waals surface area contributed by atoms with E-state index in [1.165, 1.54) is 16.5 Å². The van der Waals surface area contributed by atoms with Gasteiger partial charge in [0, 0.05) is 61.9 Å². The number of hydrogen-bond donors (Lipinski definition) is 1. The number of rotatable bonds is 8. The third-order valence-corrected chi connectivity index (χ3v) is 6.38. The first kappa shape index (κ1) is 23.0. The number of aromatic nitrogens is 2. The highest BCUT2D eigenvalue weighted by molar-refractivity contribution is 5.91. The Labute approximate surface area is 205 Å². The van der Waals surface area contributed by atoms with Crippen molar-refractivity contribution in [3.05, 3.63) is 102 Å². The van der Waals surface area contributed by atoms with Crippen LogP contribution in [0.1, 0.15) is 16.7 Å². The maximum Gasteiger partial charge on any atom is 0.244 e. The minimum Gasteiger partial charge on any atom is -0.379 e. The molecule has 6 nitrogen and oxygen atoms in total. The molecule has 178 valence electrons. The van der Waals surface area contributed by atoms with Gasteiger partial charge in [0.05, 0.1) is 18.7 Å². The van der Waals surface area contributed by atoms with E-state index >= 15 is 0 Å². The van der Waals surface area contributed by atoms with Crippen LogP contribution in [0.15, 0.2) is 85.3 Å². The Morgan fingerprint density at radius 2 is 1.86 bits per heavy atom. The van der Waals surface area contributed by atoms with Crippen LogP contribution in [0, 0.1) is 0 Å². The number of ether oxygens (including phenoxy) is 1. The molecular formula is C29H30N4O2. The zero-order valence-electron chi connectivity index (χ0n) is 19.8. The number of pyridine rings is 1. The average Bonchev–Trinajstić information content (AvgIpc) is 3.30. The number of fused-ring (bicyclic) bond motifs is 1. The Bertz CT molecular complexity index is 1290. The predicted octanol–water partition coefficient (Wildman–Crippen LogP) is 4.23. The minimum atomic E-state index is -0.126. The number of nitrogens with zero attached hydrogens (tertiary/aromatic N) is 3. The number of carbonyl (C=O) groups is 1. The Balaban J connectivity index is 1.26. The average molecular weight is 467 g/mol. The highest BCUT2D eigenvalue weighted by atomic mass is 16.5. The van der Waals surface area contributed by atoms with Crippen LogP contribution in [0.4, 0.5) is 0 Å². The summed E-state index contributed by atoms with van der Waals surface area (Å²) in [6.45, 7) is 5.18. The van der Waals surface area contributed by atoms with Crippen LogP contribution in [0.3, 0.4) is 0 Å². The van der Waals surface area contributed by atoms with E-state index in [9.17, 15) is 4.79 Å². The van der Waals surface area contributed by atoms with Crippen LogP contribution >= 0.6 is 0 Å². The van der Waals surface area contributed by atoms with E-state index in [0.29, 0.717) is 6.54 Å². The van der Waals surface area contributed by atoms with Crippen molar-refractivity contribution in [3.63, 3.8) is 0 Å². The van der Waals surface area contributed by atoms with Crippen LogP contribution < -0.4 is 5.32 Å². The summed E-state index contributed by atoms with van der Waals surface area (Å²) < 4.78 is 7.74. The molecule has 1 N–H and O–H groups in total. The van der Waals surface area contributed by atoms with E-state index in [2.05, 4.69) is 62.4 Å². The molecule has 0 spiro atoms. The standard InChI is InChI=1S/C29H30N4O2/c34-29(31-21-24-4-3-14-30-20-24)12-9-23-7-10-26(11-8-23)33-22-25(27-5-1-2-6-28(27)33)13-15-32-16-18-35-19-17-32/h1-12,14,20,22H,13,15-19,21H2,(H,31,34). The molecule has 0 saturated carbocycles. The van der Waals surface area contributed by atoms with Crippen LogP contribution in [0.5, 0.6) is 0 Å². The molecule has 5 rings (SSSR count). The summed E-state index contributed by atoms with van der Waals surface area (Å²) >= 11 is 0. The summed E-state index contributed by atoms with van der Waals surface area (Å²) in [5.41, 5.74) is 5.64. The molecule has 0 bridgehead atoms. The molecule has 1 saturated heterocycles. The summed E-state index contributed by atoms with van der Waals surface area (Å²) in [4.78, 5) is 18.7. The molecule has 1 amide bonds. The lowest BCUT2D eigenvalue weighted by Gasteiger charge is -2.26. The zero-order valence-corrected chi connectivity index (χ0v) is 19.8. The maximum atomic E-state index is 12.2. The quantitative estimate of drug-likeness (QED) is 0.395. The molecule has 0 aliphatic carbocycles. The highest BCUT2D eigenvalue weighted by Crippen LogP contribution is 2.26. The van der Waals surface area contributed by atoms with E-state index in [0.717, 1.165) is 56.1 Å². The molecule has 4 aromatic rings. The fourth-order valence-electron chi connectivity index (χ4n) is 4.44. The second kappa shape index (κ2) is 11.1. The molecule has 0 unspecified atom stereocenters. The summed E-state index contributed by atoms with van der Waals surface area (Å²) in [6.07, 6.45) is 10.2. The van der Waals surface area contributed by atoms with Crippen LogP contribution in [0.25, 0.3) is 22.7 Å². The Morgan fingerprint density at radius 1 is 1.03 bits per heavy atom. The number of benzene rings is 2. The lowest BCUT2D eigenvalue weighted by atomic mass is 10.1. The van der Waals surface area contributed by atoms with E-state index in [1.807, 2.05) is 30.3 Å². The van der Waals surface area contributed by atoms with Crippen molar-refractivity contribution < 1.29 is 9.53 Å². The second-order valence-electron chi connectivity index (χ2n) is 8.75. The molecule has 6 heteroatoms. The fraction of sp³-hybridized carbons (Fsp3) is 0.241. The van der Waals surface area contributed by atoms with Gasteiger partial charge in [0.25, 0.3) is 0 Å². The number of nitrogens with one attached hydrogen (secondary N) is 1. The van der Waals surface area contributed by atoms with Crippen molar-refractivity contribution in [1.82, 2.24) is 19.8 Å². The van der Waals surface area contributed by atoms with Crippen molar-refractivity contribution in [2.24, 2.45) is 0 Å². The zero-order chi connectivity index (χ0) is 23.9. The third kappa shape index (κ3) is 5.85. The number of amides is 1. The minimum absolute atomic E-state index is 0.126. The summed E-state index contributed by atoms with van der Waals surface area (Å²) in [7, 11) is 0. The molecule has 1 fully saturated rings. The van der Waals surface area contributed by atoms with Gasteiger partial charge >= 0.3 is 0 Å². The van der Waals surface area contributed by atoms with Gasteiger partial charge in [-0.05, 0) is 53.5 Å². The summed E-state index contributed by atoms with van der Waals surface area (Å²) in [6, 6.07) is 20.7. The van der Waals surface area contributed by atoms with Crippen molar-refractivity contribution in [2.45, 2.75) is 13.0 Å². The maximum absolute atomic E-state index is 12.2. The molecule has 1 aliphatic rings. The first-order chi connectivity index (χ1) is 17.3. The van der Waals surface area contributed by atoms with Crippen molar-refractivity contribution in [1.29, 1.82) is 0 Å². The van der Waals surface area contributed by atoms with Gasteiger partial charge in [-0.25, -0.2) is 0 Å². The number of carbonyl (C=O) groups excluding carboxylic acids is 1. The van der Waals surface area contributed by atoms with Crippen molar-refractivity contribution in [3.8, 4) is 5.69 Å². The van der Waals surface area contributed by atoms with E-state index < -0.39 is 0 Å². The van der Waals surface area contributed by atoms with Crippen LogP contribution in [0.2, 0.25) is 0 Å². The lowest BCUT2D eigenvalue weighted by molar-refractivity contribution is -0.116. The topological polar surface area (TPSA) is 59.4 Å². The lowest BCUT2D eigenvalue weighted by Crippen LogP contribution is -2.37.